The van der Waals surface area contributed by atoms with Crippen molar-refractivity contribution in [2.45, 2.75) is 25.7 Å². The van der Waals surface area contributed by atoms with Gasteiger partial charge in [0.2, 0.25) is 5.91 Å². The van der Waals surface area contributed by atoms with Gasteiger partial charge in [-0.05, 0) is 50.4 Å². The highest BCUT2D eigenvalue weighted by molar-refractivity contribution is 6.32. The summed E-state index contributed by atoms with van der Waals surface area (Å²) in [7, 11) is 0. The predicted molar refractivity (Wildman–Crippen MR) is 90.2 cm³/mol. The van der Waals surface area contributed by atoms with E-state index in [1.165, 1.54) is 11.1 Å². The number of carbonyl (C=O) groups excluding carboxylic acids is 1. The molecule has 1 saturated carbocycles. The molecule has 4 nitrogen and oxygen atoms in total. The Morgan fingerprint density at radius 3 is 2.86 bits per heavy atom. The van der Waals surface area contributed by atoms with Crippen LogP contribution in [0.25, 0.3) is 0 Å². The van der Waals surface area contributed by atoms with Gasteiger partial charge < -0.3 is 15.4 Å². The first kappa shape index (κ1) is 17.4. The number of nitrogens with one attached hydrogen (secondary N) is 2. The number of carbonyl (C=O) groups is 1. The molecule has 1 aromatic rings. The average Bonchev–Trinajstić information content (AvgIpc) is 3.31. The Kier molecular flexibility index (Phi) is 6.36. The van der Waals surface area contributed by atoms with Gasteiger partial charge in [0.15, 0.2) is 0 Å². The standard InChI is InChI=1S/C16H21ClN2O2.ClH/c17-14-4-3-11-5-7-18-8-6-13(11)15(14)21-10-9-19-16(20)12-1-2-12;/h3-4,12,18H,1-2,5-10H2,(H,19,20);1H. The minimum Gasteiger partial charge on any atom is -0.490 e. The van der Waals surface area contributed by atoms with E-state index in [1.54, 1.807) is 0 Å². The molecule has 0 radical (unpaired) electrons. The summed E-state index contributed by atoms with van der Waals surface area (Å²) >= 11 is 6.28. The second-order valence-electron chi connectivity index (χ2n) is 5.68. The molecule has 1 fully saturated rings. The molecule has 0 aromatic heterocycles. The number of hydrogen-bond donors (Lipinski definition) is 2. The molecule has 1 amide bonds. The van der Waals surface area contributed by atoms with Crippen molar-refractivity contribution in [3.63, 3.8) is 0 Å². The molecule has 122 valence electrons. The highest BCUT2D eigenvalue weighted by Crippen LogP contribution is 2.33. The van der Waals surface area contributed by atoms with E-state index in [2.05, 4.69) is 16.7 Å². The van der Waals surface area contributed by atoms with Crippen LogP contribution in [0.3, 0.4) is 0 Å². The van der Waals surface area contributed by atoms with Crippen molar-refractivity contribution in [3.05, 3.63) is 28.3 Å². The maximum atomic E-state index is 11.6. The summed E-state index contributed by atoms with van der Waals surface area (Å²) in [5, 5.41) is 6.95. The van der Waals surface area contributed by atoms with Crippen molar-refractivity contribution < 1.29 is 9.53 Å². The molecule has 3 rings (SSSR count). The van der Waals surface area contributed by atoms with E-state index in [0.29, 0.717) is 18.2 Å². The monoisotopic (exact) mass is 344 g/mol. The lowest BCUT2D eigenvalue weighted by Gasteiger charge is -2.15. The van der Waals surface area contributed by atoms with E-state index in [9.17, 15) is 4.79 Å². The Morgan fingerprint density at radius 2 is 2.09 bits per heavy atom. The smallest absolute Gasteiger partial charge is 0.223 e. The zero-order valence-electron chi connectivity index (χ0n) is 12.5. The quantitative estimate of drug-likeness (QED) is 0.806. The van der Waals surface area contributed by atoms with Crippen molar-refractivity contribution in [2.75, 3.05) is 26.2 Å². The molecule has 0 spiro atoms. The van der Waals surface area contributed by atoms with Crippen LogP contribution >= 0.6 is 24.0 Å². The van der Waals surface area contributed by atoms with Crippen molar-refractivity contribution in [2.24, 2.45) is 5.92 Å². The molecule has 22 heavy (non-hydrogen) atoms. The van der Waals surface area contributed by atoms with E-state index in [1.807, 2.05) is 6.07 Å². The second kappa shape index (κ2) is 8.04. The fourth-order valence-corrected chi connectivity index (χ4v) is 2.91. The molecule has 0 unspecified atom stereocenters. The molecular weight excluding hydrogens is 323 g/mol. The molecule has 2 aliphatic rings. The van der Waals surface area contributed by atoms with Crippen LogP contribution in [0.1, 0.15) is 24.0 Å². The van der Waals surface area contributed by atoms with E-state index < -0.39 is 0 Å². The zero-order chi connectivity index (χ0) is 14.7. The lowest BCUT2D eigenvalue weighted by Crippen LogP contribution is -2.29. The summed E-state index contributed by atoms with van der Waals surface area (Å²) in [6.45, 7) is 2.93. The van der Waals surface area contributed by atoms with Crippen molar-refractivity contribution in [1.29, 1.82) is 0 Å². The largest absolute Gasteiger partial charge is 0.490 e. The second-order valence-corrected chi connectivity index (χ2v) is 6.09. The van der Waals surface area contributed by atoms with E-state index in [4.69, 9.17) is 16.3 Å². The van der Waals surface area contributed by atoms with Crippen LogP contribution in [0, 0.1) is 5.92 Å². The maximum Gasteiger partial charge on any atom is 0.223 e. The van der Waals surface area contributed by atoms with Crippen LogP contribution in [0.5, 0.6) is 5.75 Å². The van der Waals surface area contributed by atoms with Crippen LogP contribution in [-0.2, 0) is 17.6 Å². The third-order valence-corrected chi connectivity index (χ3v) is 4.33. The van der Waals surface area contributed by atoms with Gasteiger partial charge in [-0.15, -0.1) is 12.4 Å². The van der Waals surface area contributed by atoms with Gasteiger partial charge >= 0.3 is 0 Å². The van der Waals surface area contributed by atoms with Gasteiger partial charge in [-0.3, -0.25) is 4.79 Å². The van der Waals surface area contributed by atoms with Gasteiger partial charge in [-0.1, -0.05) is 17.7 Å². The summed E-state index contributed by atoms with van der Waals surface area (Å²) < 4.78 is 5.87. The molecule has 0 atom stereocenters. The topological polar surface area (TPSA) is 50.4 Å². The number of hydrogen-bond acceptors (Lipinski definition) is 3. The van der Waals surface area contributed by atoms with E-state index in [-0.39, 0.29) is 24.2 Å². The first-order valence-corrected chi connectivity index (χ1v) is 8.05. The highest BCUT2D eigenvalue weighted by Gasteiger charge is 2.29. The first-order chi connectivity index (χ1) is 10.3. The van der Waals surface area contributed by atoms with Crippen molar-refractivity contribution in [1.82, 2.24) is 10.6 Å². The number of ether oxygens (including phenoxy) is 1. The summed E-state index contributed by atoms with van der Waals surface area (Å²) in [5.74, 6) is 1.19. The van der Waals surface area contributed by atoms with Gasteiger partial charge in [-0.25, -0.2) is 0 Å². The number of fused-ring (bicyclic) bond motifs is 1. The van der Waals surface area contributed by atoms with Crippen molar-refractivity contribution >= 4 is 29.9 Å². The van der Waals surface area contributed by atoms with Gasteiger partial charge in [-0.2, -0.15) is 0 Å². The van der Waals surface area contributed by atoms with Crippen LogP contribution in [0.4, 0.5) is 0 Å². The normalized spacial score (nSPS) is 17.0. The Balaban J connectivity index is 0.00000176. The minimum atomic E-state index is 0. The molecule has 1 aliphatic carbocycles. The minimum absolute atomic E-state index is 0. The van der Waals surface area contributed by atoms with Crippen LogP contribution < -0.4 is 15.4 Å². The van der Waals surface area contributed by atoms with E-state index in [0.717, 1.165) is 44.5 Å². The third-order valence-electron chi connectivity index (χ3n) is 4.03. The fourth-order valence-electron chi connectivity index (χ4n) is 2.68. The Labute approximate surface area is 142 Å². The molecule has 2 N–H and O–H groups in total. The third kappa shape index (κ3) is 4.28. The maximum absolute atomic E-state index is 11.6. The van der Waals surface area contributed by atoms with Crippen LogP contribution in [0.2, 0.25) is 5.02 Å². The number of rotatable bonds is 5. The van der Waals surface area contributed by atoms with E-state index >= 15 is 0 Å². The summed E-state index contributed by atoms with van der Waals surface area (Å²) in [6, 6.07) is 4.00. The van der Waals surface area contributed by atoms with Crippen LogP contribution in [0.15, 0.2) is 12.1 Å². The Morgan fingerprint density at radius 1 is 1.32 bits per heavy atom. The van der Waals surface area contributed by atoms with Gasteiger partial charge in [0.05, 0.1) is 11.6 Å². The number of benzene rings is 1. The molecule has 1 aromatic carbocycles. The Hall–Kier alpha value is -0.970. The molecule has 1 aliphatic heterocycles. The highest BCUT2D eigenvalue weighted by atomic mass is 35.5. The number of halogens is 2. The molecule has 0 bridgehead atoms. The predicted octanol–water partition coefficient (Wildman–Crippen LogP) is 2.36. The summed E-state index contributed by atoms with van der Waals surface area (Å²) in [6.07, 6.45) is 3.98. The lowest BCUT2D eigenvalue weighted by atomic mass is 10.0. The van der Waals surface area contributed by atoms with Gasteiger partial charge in [0, 0.05) is 11.5 Å². The molecule has 6 heteroatoms. The average molecular weight is 345 g/mol. The molecule has 1 heterocycles. The van der Waals surface area contributed by atoms with Crippen LogP contribution in [-0.4, -0.2) is 32.1 Å². The zero-order valence-corrected chi connectivity index (χ0v) is 14.1. The molecular formula is C16H22Cl2N2O2. The summed E-state index contributed by atoms with van der Waals surface area (Å²) in [5.41, 5.74) is 2.52. The lowest BCUT2D eigenvalue weighted by molar-refractivity contribution is -0.122. The summed E-state index contributed by atoms with van der Waals surface area (Å²) in [4.78, 5) is 11.6. The van der Waals surface area contributed by atoms with Gasteiger partial charge in [0.1, 0.15) is 12.4 Å². The Bertz CT molecular complexity index is 533. The fraction of sp³-hybridized carbons (Fsp3) is 0.562. The van der Waals surface area contributed by atoms with Crippen molar-refractivity contribution in [3.8, 4) is 5.75 Å². The number of amides is 1. The molecule has 0 saturated heterocycles. The van der Waals surface area contributed by atoms with Gasteiger partial charge in [0.25, 0.3) is 0 Å². The first-order valence-electron chi connectivity index (χ1n) is 7.67. The SMILES string of the molecule is Cl.O=C(NCCOc1c(Cl)ccc2c1CCNCC2)C1CC1.